The zero-order valence-electron chi connectivity index (χ0n) is 19.4. The minimum atomic E-state index is -0.789. The number of aryl methyl sites for hydroxylation is 1. The molecule has 1 aliphatic heterocycles. The van der Waals surface area contributed by atoms with Crippen LogP contribution in [0.3, 0.4) is 0 Å². The first-order valence-electron chi connectivity index (χ1n) is 11.1. The molecule has 1 fully saturated rings. The van der Waals surface area contributed by atoms with Gasteiger partial charge in [0.05, 0.1) is 5.69 Å². The van der Waals surface area contributed by atoms with Crippen molar-refractivity contribution in [2.45, 2.75) is 20.0 Å². The van der Waals surface area contributed by atoms with Gasteiger partial charge in [0.2, 0.25) is 0 Å². The molecule has 36 heavy (non-hydrogen) atoms. The van der Waals surface area contributed by atoms with E-state index in [0.717, 1.165) is 21.6 Å². The Bertz CT molecular complexity index is 1400. The van der Waals surface area contributed by atoms with Crippen molar-refractivity contribution in [2.75, 3.05) is 4.90 Å². The van der Waals surface area contributed by atoms with E-state index in [1.165, 1.54) is 6.08 Å². The van der Waals surface area contributed by atoms with Crippen molar-refractivity contribution in [1.29, 1.82) is 0 Å². The van der Waals surface area contributed by atoms with E-state index in [9.17, 15) is 14.4 Å². The molecule has 0 spiro atoms. The van der Waals surface area contributed by atoms with Gasteiger partial charge in [0.15, 0.2) is 0 Å². The van der Waals surface area contributed by atoms with Crippen LogP contribution < -0.4 is 15.0 Å². The molecule has 3 aromatic carbocycles. The number of urea groups is 1. The van der Waals surface area contributed by atoms with Crippen LogP contribution in [0.5, 0.6) is 5.75 Å². The predicted molar refractivity (Wildman–Crippen MR) is 141 cm³/mol. The number of carbonyl (C=O) groups excluding carboxylic acids is 3. The van der Waals surface area contributed by atoms with Crippen LogP contribution in [0.4, 0.5) is 10.5 Å². The molecule has 1 heterocycles. The molecule has 3 aromatic rings. The maximum atomic E-state index is 13.1. The number of halogens is 2. The first kappa shape index (κ1) is 25.2. The van der Waals surface area contributed by atoms with Gasteiger partial charge in [-0.3, -0.25) is 14.9 Å². The summed E-state index contributed by atoms with van der Waals surface area (Å²) in [5.41, 5.74) is 3.38. The molecule has 8 heteroatoms. The van der Waals surface area contributed by atoms with Crippen LogP contribution in [0.25, 0.3) is 6.08 Å². The number of anilines is 1. The van der Waals surface area contributed by atoms with Crippen molar-refractivity contribution >= 4 is 52.8 Å². The van der Waals surface area contributed by atoms with E-state index < -0.39 is 17.8 Å². The predicted octanol–water partition coefficient (Wildman–Crippen LogP) is 6.28. The van der Waals surface area contributed by atoms with E-state index in [0.29, 0.717) is 33.5 Å². The fourth-order valence-electron chi connectivity index (χ4n) is 3.69. The van der Waals surface area contributed by atoms with Crippen molar-refractivity contribution in [1.82, 2.24) is 5.32 Å². The van der Waals surface area contributed by atoms with Gasteiger partial charge < -0.3 is 4.74 Å². The lowest BCUT2D eigenvalue weighted by atomic mass is 10.0. The van der Waals surface area contributed by atoms with Gasteiger partial charge in [-0.05, 0) is 66.9 Å². The summed E-state index contributed by atoms with van der Waals surface area (Å²) in [6.07, 6.45) is 3.68. The average molecular weight is 521 g/mol. The Morgan fingerprint density at radius 2 is 1.72 bits per heavy atom. The monoisotopic (exact) mass is 520 g/mol. The number of rotatable bonds is 7. The van der Waals surface area contributed by atoms with E-state index in [2.05, 4.69) is 11.9 Å². The Morgan fingerprint density at radius 1 is 0.972 bits per heavy atom. The number of benzene rings is 3. The summed E-state index contributed by atoms with van der Waals surface area (Å²) in [5.74, 6) is -0.842. The molecular weight excluding hydrogens is 499 g/mol. The number of amides is 4. The summed E-state index contributed by atoms with van der Waals surface area (Å²) in [4.78, 5) is 39.0. The van der Waals surface area contributed by atoms with Crippen LogP contribution in [-0.2, 0) is 22.6 Å². The average Bonchev–Trinajstić information content (AvgIpc) is 2.83. The van der Waals surface area contributed by atoms with Gasteiger partial charge in [-0.1, -0.05) is 59.1 Å². The second-order valence-corrected chi connectivity index (χ2v) is 9.02. The smallest absolute Gasteiger partial charge is 0.335 e. The summed E-state index contributed by atoms with van der Waals surface area (Å²) >= 11 is 12.2. The molecule has 0 atom stereocenters. The number of nitrogens with one attached hydrogen (secondary N) is 1. The highest BCUT2D eigenvalue weighted by atomic mass is 35.5. The van der Waals surface area contributed by atoms with Crippen LogP contribution in [-0.4, -0.2) is 17.8 Å². The number of imide groups is 2. The van der Waals surface area contributed by atoms with E-state index >= 15 is 0 Å². The molecule has 0 aliphatic carbocycles. The number of carbonyl (C=O) groups is 3. The Morgan fingerprint density at radius 3 is 2.42 bits per heavy atom. The Labute approximate surface area is 218 Å². The molecule has 4 rings (SSSR count). The van der Waals surface area contributed by atoms with Crippen molar-refractivity contribution in [3.05, 3.63) is 111 Å². The number of ether oxygens (including phenoxy) is 1. The third-order valence-electron chi connectivity index (χ3n) is 5.55. The summed E-state index contributed by atoms with van der Waals surface area (Å²) in [5, 5.41) is 3.28. The van der Waals surface area contributed by atoms with Crippen LogP contribution in [0, 0.1) is 6.92 Å². The van der Waals surface area contributed by atoms with Crippen molar-refractivity contribution in [3.63, 3.8) is 0 Å². The van der Waals surface area contributed by atoms with E-state index in [1.54, 1.807) is 66.7 Å². The number of nitrogens with zero attached hydrogens (tertiary/aromatic N) is 1. The van der Waals surface area contributed by atoms with Gasteiger partial charge in [0.25, 0.3) is 11.8 Å². The van der Waals surface area contributed by atoms with Crippen LogP contribution >= 0.6 is 23.2 Å². The first-order valence-corrected chi connectivity index (χ1v) is 11.8. The second kappa shape index (κ2) is 10.8. The largest absolute Gasteiger partial charge is 0.489 e. The quantitative estimate of drug-likeness (QED) is 0.226. The standard InChI is InChI=1S/C28H22Cl2N2O4/c1-3-4-19-13-18(7-12-25(19)36-16-20-8-9-21(29)15-24(20)30)14-23-26(33)31-28(35)32(27(23)34)22-10-5-17(2)6-11-22/h3,5-15H,1,4,16H2,2H3,(H,31,33,35)/b23-14+. The van der Waals surface area contributed by atoms with Gasteiger partial charge in [-0.25, -0.2) is 9.69 Å². The van der Waals surface area contributed by atoms with E-state index in [-0.39, 0.29) is 12.2 Å². The lowest BCUT2D eigenvalue weighted by Gasteiger charge is -2.26. The zero-order valence-corrected chi connectivity index (χ0v) is 20.9. The Hall–Kier alpha value is -3.87. The number of hydrogen-bond acceptors (Lipinski definition) is 4. The lowest BCUT2D eigenvalue weighted by Crippen LogP contribution is -2.54. The fraction of sp³-hybridized carbons (Fsp3) is 0.107. The summed E-state index contributed by atoms with van der Waals surface area (Å²) < 4.78 is 5.99. The van der Waals surface area contributed by atoms with Crippen LogP contribution in [0.15, 0.2) is 78.9 Å². The Kier molecular flexibility index (Phi) is 7.58. The minimum Gasteiger partial charge on any atom is -0.489 e. The Balaban J connectivity index is 1.61. The molecule has 1 N–H and O–H groups in total. The first-order chi connectivity index (χ1) is 17.3. The summed E-state index contributed by atoms with van der Waals surface area (Å²) in [7, 11) is 0. The molecule has 0 bridgehead atoms. The van der Waals surface area contributed by atoms with Gasteiger partial charge in [0.1, 0.15) is 17.9 Å². The fourth-order valence-corrected chi connectivity index (χ4v) is 4.15. The minimum absolute atomic E-state index is 0.152. The van der Waals surface area contributed by atoms with Crippen molar-refractivity contribution in [3.8, 4) is 5.75 Å². The number of hydrogen-bond donors (Lipinski definition) is 1. The third kappa shape index (κ3) is 5.51. The molecule has 6 nitrogen and oxygen atoms in total. The second-order valence-electron chi connectivity index (χ2n) is 8.18. The highest BCUT2D eigenvalue weighted by Crippen LogP contribution is 2.28. The normalized spacial score (nSPS) is 14.7. The molecule has 182 valence electrons. The third-order valence-corrected chi connectivity index (χ3v) is 6.14. The molecule has 1 saturated heterocycles. The van der Waals surface area contributed by atoms with Crippen LogP contribution in [0.1, 0.15) is 22.3 Å². The molecule has 1 aliphatic rings. The molecule has 4 amide bonds. The maximum Gasteiger partial charge on any atom is 0.335 e. The van der Waals surface area contributed by atoms with E-state index in [1.807, 2.05) is 6.92 Å². The van der Waals surface area contributed by atoms with Gasteiger partial charge >= 0.3 is 6.03 Å². The summed E-state index contributed by atoms with van der Waals surface area (Å²) in [6.45, 7) is 5.93. The molecule has 0 aromatic heterocycles. The zero-order chi connectivity index (χ0) is 25.8. The van der Waals surface area contributed by atoms with Crippen molar-refractivity contribution < 1.29 is 19.1 Å². The highest BCUT2D eigenvalue weighted by molar-refractivity contribution is 6.39. The van der Waals surface area contributed by atoms with Gasteiger partial charge in [-0.2, -0.15) is 0 Å². The SMILES string of the molecule is C=CCc1cc(/C=C2\C(=O)NC(=O)N(c3ccc(C)cc3)C2=O)ccc1OCc1ccc(Cl)cc1Cl. The van der Waals surface area contributed by atoms with Gasteiger partial charge in [0, 0.05) is 15.6 Å². The molecular formula is C28H22Cl2N2O4. The van der Waals surface area contributed by atoms with Crippen LogP contribution in [0.2, 0.25) is 10.0 Å². The van der Waals surface area contributed by atoms with E-state index in [4.69, 9.17) is 27.9 Å². The number of barbiturate groups is 1. The number of allylic oxidation sites excluding steroid dienone is 1. The maximum absolute atomic E-state index is 13.1. The summed E-state index contributed by atoms with van der Waals surface area (Å²) in [6, 6.07) is 16.6. The topological polar surface area (TPSA) is 75.7 Å². The molecule has 0 radical (unpaired) electrons. The molecule has 0 unspecified atom stereocenters. The van der Waals surface area contributed by atoms with Gasteiger partial charge in [-0.15, -0.1) is 6.58 Å². The molecule has 0 saturated carbocycles. The van der Waals surface area contributed by atoms with Crippen molar-refractivity contribution in [2.24, 2.45) is 0 Å². The lowest BCUT2D eigenvalue weighted by molar-refractivity contribution is -0.122. The highest BCUT2D eigenvalue weighted by Gasteiger charge is 2.36.